The maximum atomic E-state index is 3.18. The third-order valence-electron chi connectivity index (χ3n) is 2.94. The van der Waals surface area contributed by atoms with E-state index < -0.39 is 21.7 Å². The van der Waals surface area contributed by atoms with Crippen LogP contribution in [-0.4, -0.2) is 65.3 Å². The quantitative estimate of drug-likeness (QED) is 0.522. The van der Waals surface area contributed by atoms with Gasteiger partial charge in [-0.15, -0.1) is 0 Å². The Balaban J connectivity index is 5.15. The van der Waals surface area contributed by atoms with Crippen LogP contribution in [0.4, 0.5) is 0 Å². The Morgan fingerprint density at radius 3 is 0.739 bits per heavy atom. The minimum atomic E-state index is -0.499. The Bertz CT molecular complexity index is 285. The van der Waals surface area contributed by atoms with Crippen LogP contribution >= 0.6 is 0 Å². The molecule has 7 heteroatoms. The molecule has 0 rings (SSSR count). The normalized spacial score (nSPS) is 17.0. The molecule has 0 saturated carbocycles. The van der Waals surface area contributed by atoms with Crippen LogP contribution in [-0.2, 0) is 0 Å². The fourth-order valence-corrected chi connectivity index (χ4v) is 47.1. The first-order valence-electron chi connectivity index (χ1n) is 9.13. The van der Waals surface area contributed by atoms with E-state index in [1.54, 1.807) is 0 Å². The number of hydrogen-bond acceptors (Lipinski definition) is 2. The van der Waals surface area contributed by atoms with E-state index >= 15 is 0 Å². The number of nitrogens with zero attached hydrogens (tertiary/aromatic N) is 2. The van der Waals surface area contributed by atoms with Crippen LogP contribution in [0.3, 0.4) is 0 Å². The Morgan fingerprint density at radius 2 is 0.609 bits per heavy atom. The molecular weight excluding hydrogens is 451 g/mol. The Hall–Kier alpha value is 1.59. The monoisotopic (exact) mass is 496 g/mol. The molecule has 0 unspecified atom stereocenters. The summed E-state index contributed by atoms with van der Waals surface area (Å²) in [5, 5.41) is 2.32. The van der Waals surface area contributed by atoms with Crippen LogP contribution in [0.25, 0.3) is 0 Å². The van der Waals surface area contributed by atoms with Crippen molar-refractivity contribution in [3.05, 3.63) is 0 Å². The minimum absolute atomic E-state index is 0.0918. The Morgan fingerprint density at radius 1 is 0.435 bits per heavy atom. The van der Waals surface area contributed by atoms with E-state index in [1.807, 2.05) is 0 Å². The molecule has 0 aromatic carbocycles. The summed E-state index contributed by atoms with van der Waals surface area (Å²) in [7, 11) is -0.367. The van der Waals surface area contributed by atoms with Gasteiger partial charge in [0.1, 0.15) is 0 Å². The second-order valence-corrected chi connectivity index (χ2v) is 38.0. The van der Waals surface area contributed by atoms with E-state index in [-0.39, 0.29) is 38.7 Å². The van der Waals surface area contributed by atoms with E-state index in [4.69, 9.17) is 0 Å². The summed E-state index contributed by atoms with van der Waals surface area (Å²) in [5.41, 5.74) is 0. The van der Waals surface area contributed by atoms with Gasteiger partial charge in [-0.25, -0.2) is 0 Å². The molecule has 2 nitrogen and oxygen atoms in total. The summed E-state index contributed by atoms with van der Waals surface area (Å²) < 4.78 is 6.36. The first-order valence-corrected chi connectivity index (χ1v) is 17.0. The zero-order valence-electron chi connectivity index (χ0n) is 18.2. The second-order valence-electron chi connectivity index (χ2n) is 12.1. The van der Waals surface area contributed by atoms with E-state index in [0.717, 1.165) is 0 Å². The van der Waals surface area contributed by atoms with Crippen LogP contribution < -0.4 is 0 Å². The first-order chi connectivity index (χ1) is 9.86. The van der Waals surface area contributed by atoms with Gasteiger partial charge in [0.15, 0.2) is 0 Å². The summed E-state index contributed by atoms with van der Waals surface area (Å²) in [6, 6.07) is 0. The average Bonchev–Trinajstić information content (AvgIpc) is 2.03. The molecule has 0 aliphatic carbocycles. The van der Waals surface area contributed by atoms with E-state index in [1.165, 1.54) is 0 Å². The van der Waals surface area contributed by atoms with Crippen molar-refractivity contribution in [2.75, 3.05) is 0 Å². The molecule has 0 heterocycles. The zero-order chi connectivity index (χ0) is 18.7. The van der Waals surface area contributed by atoms with Gasteiger partial charge in [0.2, 0.25) is 0 Å². The van der Waals surface area contributed by atoms with Crippen LogP contribution in [0.1, 0.15) is 83.1 Å². The van der Waals surface area contributed by atoms with Crippen molar-refractivity contribution in [3.8, 4) is 0 Å². The van der Waals surface area contributed by atoms with Crippen molar-refractivity contribution in [2.45, 2.75) is 103 Å². The predicted molar refractivity (Wildman–Crippen MR) is 122 cm³/mol. The van der Waals surface area contributed by atoms with Crippen molar-refractivity contribution in [2.24, 2.45) is 0 Å². The molecule has 0 aromatic rings. The molecule has 0 aromatic heterocycles. The van der Waals surface area contributed by atoms with Crippen molar-refractivity contribution >= 4 is 60.4 Å². The summed E-state index contributed by atoms with van der Waals surface area (Å²) in [5.74, 6) is 0. The van der Waals surface area contributed by atoms with E-state index in [0.29, 0.717) is 20.2 Å². The molecule has 0 atom stereocenters. The maximum absolute atomic E-state index is 3.18. The van der Waals surface area contributed by atoms with Gasteiger partial charge in [-0.05, 0) is 0 Å². The molecule has 0 aliphatic heterocycles. The average molecular weight is 496 g/mol. The van der Waals surface area contributed by atoms with Gasteiger partial charge in [-0.2, -0.15) is 0 Å². The summed E-state index contributed by atoms with van der Waals surface area (Å²) >= 11 is -0.499. The number of rotatable bonds is 6. The number of hydrogen-bond donors (Lipinski definition) is 0. The summed E-state index contributed by atoms with van der Waals surface area (Å²) in [4.78, 5) is 0. The van der Waals surface area contributed by atoms with Crippen LogP contribution in [0.5, 0.6) is 0 Å². The first kappa shape index (κ1) is 24.6. The van der Waals surface area contributed by atoms with Gasteiger partial charge >= 0.3 is 169 Å². The fourth-order valence-electron chi connectivity index (χ4n) is 2.74. The summed E-state index contributed by atoms with van der Waals surface area (Å²) in [6.45, 7) is 29.8. The topological polar surface area (TPSA) is 6.48 Å². The molecule has 0 saturated heterocycles. The van der Waals surface area contributed by atoms with Crippen molar-refractivity contribution in [1.82, 2.24) is 4.91 Å². The van der Waals surface area contributed by atoms with Crippen molar-refractivity contribution in [3.63, 3.8) is 0 Å². The SMILES string of the molecule is CC(C)(C)[SiH2][N]([SiH2]C(C)(C)C)[Sn][N]([SiH2]C(C)(C)C)[SiH2]C(C)(C)C. The molecule has 138 valence electrons. The van der Waals surface area contributed by atoms with Crippen LogP contribution in [0, 0.1) is 0 Å². The van der Waals surface area contributed by atoms with Gasteiger partial charge in [-0.1, -0.05) is 0 Å². The molecule has 0 spiro atoms. The third-order valence-corrected chi connectivity index (χ3v) is 21.8. The van der Waals surface area contributed by atoms with Crippen molar-refractivity contribution < 1.29 is 0 Å². The molecule has 23 heavy (non-hydrogen) atoms. The molecule has 2 radical (unpaired) electrons. The molecule has 0 N–H and O–H groups in total. The van der Waals surface area contributed by atoms with Crippen molar-refractivity contribution in [1.29, 1.82) is 0 Å². The zero-order valence-corrected chi connectivity index (χ0v) is 26.7. The molecule has 0 aliphatic rings. The second kappa shape index (κ2) is 8.99. The van der Waals surface area contributed by atoms with Gasteiger partial charge in [-0.3, -0.25) is 0 Å². The molecule has 0 fully saturated rings. The van der Waals surface area contributed by atoms with E-state index in [9.17, 15) is 0 Å². The molecule has 0 bridgehead atoms. The van der Waals surface area contributed by atoms with Gasteiger partial charge in [0.05, 0.1) is 0 Å². The third kappa shape index (κ3) is 16.8. The van der Waals surface area contributed by atoms with Gasteiger partial charge in [0, 0.05) is 0 Å². The standard InChI is InChI=1S/2C8H22NSi2.Sn/c2*1-7(2,3)10-9-11-8(4,5)6;/h2*10-11H2,1-6H3;/q2*-1;+2. The van der Waals surface area contributed by atoms with Crippen LogP contribution in [0.2, 0.25) is 20.2 Å². The Kier molecular flexibility index (Phi) is 9.61. The predicted octanol–water partition coefficient (Wildman–Crippen LogP) is 2.33. The van der Waals surface area contributed by atoms with Gasteiger partial charge in [0.25, 0.3) is 0 Å². The fraction of sp³-hybridized carbons (Fsp3) is 1.00. The van der Waals surface area contributed by atoms with Gasteiger partial charge < -0.3 is 0 Å². The Labute approximate surface area is 167 Å². The molecular formula is C16H44N2Si4Sn. The van der Waals surface area contributed by atoms with Crippen LogP contribution in [0.15, 0.2) is 0 Å². The van der Waals surface area contributed by atoms with E-state index in [2.05, 4.69) is 88.0 Å². The molecule has 0 amide bonds. The summed E-state index contributed by atoms with van der Waals surface area (Å²) in [6.07, 6.45) is 0.